The van der Waals surface area contributed by atoms with E-state index >= 15 is 0 Å². The molecule has 1 aliphatic rings. The largest absolute Gasteiger partial charge is 0.318 e. The lowest BCUT2D eigenvalue weighted by atomic mass is 10.0. The van der Waals surface area contributed by atoms with Gasteiger partial charge in [0, 0.05) is 12.4 Å². The van der Waals surface area contributed by atoms with Crippen molar-refractivity contribution in [2.24, 2.45) is 5.73 Å². The van der Waals surface area contributed by atoms with Crippen LogP contribution in [0.1, 0.15) is 49.5 Å². The van der Waals surface area contributed by atoms with E-state index in [9.17, 15) is 0 Å². The summed E-state index contributed by atoms with van der Waals surface area (Å²) in [7, 11) is 0. The van der Waals surface area contributed by atoms with Crippen molar-refractivity contribution < 1.29 is 0 Å². The number of aryl methyl sites for hydroxylation is 1. The van der Waals surface area contributed by atoms with Gasteiger partial charge in [-0.05, 0) is 43.7 Å². The molecule has 0 saturated carbocycles. The molecule has 3 nitrogen and oxygen atoms in total. The molecule has 0 spiro atoms. The summed E-state index contributed by atoms with van der Waals surface area (Å²) >= 11 is 0. The Labute approximate surface area is 96.8 Å². The summed E-state index contributed by atoms with van der Waals surface area (Å²) in [4.78, 5) is 8.61. The van der Waals surface area contributed by atoms with E-state index in [2.05, 4.69) is 16.0 Å². The predicted molar refractivity (Wildman–Crippen MR) is 64.9 cm³/mol. The molecule has 1 atom stereocenters. The molecule has 1 unspecified atom stereocenters. The molecule has 1 heterocycles. The first-order valence-corrected chi connectivity index (χ1v) is 6.00. The van der Waals surface area contributed by atoms with Crippen molar-refractivity contribution in [2.45, 2.75) is 45.1 Å². The van der Waals surface area contributed by atoms with E-state index in [1.54, 1.807) is 0 Å². The summed E-state index contributed by atoms with van der Waals surface area (Å²) in [5.74, 6) is 0.749. The molecule has 0 saturated heterocycles. The van der Waals surface area contributed by atoms with Gasteiger partial charge in [-0.3, -0.25) is 0 Å². The molecule has 2 rings (SSSR count). The summed E-state index contributed by atoms with van der Waals surface area (Å²) in [6.45, 7) is 1.99. The molecule has 0 amide bonds. The molecule has 86 valence electrons. The minimum Gasteiger partial charge on any atom is -0.318 e. The maximum Gasteiger partial charge on any atom is 0.149 e. The zero-order valence-electron chi connectivity index (χ0n) is 9.82. The smallest absolute Gasteiger partial charge is 0.149 e. The van der Waals surface area contributed by atoms with E-state index in [0.717, 1.165) is 24.2 Å². The Balaban J connectivity index is 2.14. The van der Waals surface area contributed by atoms with Crippen molar-refractivity contribution in [1.82, 2.24) is 9.97 Å². The summed E-state index contributed by atoms with van der Waals surface area (Å²) in [6.07, 6.45) is 12.0. The van der Waals surface area contributed by atoms with Crippen LogP contribution < -0.4 is 5.73 Å². The van der Waals surface area contributed by atoms with Gasteiger partial charge < -0.3 is 5.73 Å². The highest BCUT2D eigenvalue weighted by Crippen LogP contribution is 2.25. The fourth-order valence-corrected chi connectivity index (χ4v) is 2.05. The molecule has 2 N–H and O–H groups in total. The van der Waals surface area contributed by atoms with Crippen LogP contribution in [0.25, 0.3) is 0 Å². The molecule has 1 aliphatic carbocycles. The molecule has 16 heavy (non-hydrogen) atoms. The van der Waals surface area contributed by atoms with E-state index in [4.69, 9.17) is 5.73 Å². The maximum absolute atomic E-state index is 6.20. The van der Waals surface area contributed by atoms with E-state index in [-0.39, 0.29) is 6.04 Å². The van der Waals surface area contributed by atoms with Crippen molar-refractivity contribution in [3.05, 3.63) is 35.4 Å². The first-order chi connectivity index (χ1) is 7.77. The lowest BCUT2D eigenvalue weighted by Crippen LogP contribution is -2.16. The monoisotopic (exact) mass is 217 g/mol. The molecular formula is C13H19N3. The number of nitrogens with zero attached hydrogens (tertiary/aromatic N) is 2. The second-order valence-electron chi connectivity index (χ2n) is 4.47. The molecule has 1 aromatic heterocycles. The first kappa shape index (κ1) is 11.3. The molecule has 0 radical (unpaired) electrons. The lowest BCUT2D eigenvalue weighted by molar-refractivity contribution is 0.672. The van der Waals surface area contributed by atoms with Crippen LogP contribution in [0.5, 0.6) is 0 Å². The molecule has 0 fully saturated rings. The van der Waals surface area contributed by atoms with Gasteiger partial charge in [-0.1, -0.05) is 12.5 Å². The predicted octanol–water partition coefficient (Wildman–Crippen LogP) is 2.68. The van der Waals surface area contributed by atoms with Gasteiger partial charge in [0.05, 0.1) is 6.04 Å². The topological polar surface area (TPSA) is 51.8 Å². The lowest BCUT2D eigenvalue weighted by Gasteiger charge is -2.13. The highest BCUT2D eigenvalue weighted by atomic mass is 14.9. The zero-order chi connectivity index (χ0) is 11.4. The Morgan fingerprint density at radius 2 is 1.94 bits per heavy atom. The van der Waals surface area contributed by atoms with Crippen LogP contribution in [0.4, 0.5) is 0 Å². The number of aromatic nitrogens is 2. The van der Waals surface area contributed by atoms with E-state index < -0.39 is 0 Å². The van der Waals surface area contributed by atoms with Gasteiger partial charge in [-0.15, -0.1) is 0 Å². The van der Waals surface area contributed by atoms with Crippen molar-refractivity contribution in [2.75, 3.05) is 0 Å². The molecule has 0 aliphatic heterocycles. The van der Waals surface area contributed by atoms with E-state index in [0.29, 0.717) is 0 Å². The Morgan fingerprint density at radius 1 is 1.19 bits per heavy atom. The molecule has 3 heteroatoms. The van der Waals surface area contributed by atoms with E-state index in [1.807, 2.05) is 19.3 Å². The minimum absolute atomic E-state index is 0.112. The van der Waals surface area contributed by atoms with Gasteiger partial charge >= 0.3 is 0 Å². The Bertz CT molecular complexity index is 367. The second kappa shape index (κ2) is 5.21. The van der Waals surface area contributed by atoms with Crippen molar-refractivity contribution in [3.8, 4) is 0 Å². The number of nitrogens with two attached hydrogens (primary N) is 1. The fraction of sp³-hybridized carbons (Fsp3) is 0.538. The van der Waals surface area contributed by atoms with Crippen LogP contribution in [-0.2, 0) is 0 Å². The van der Waals surface area contributed by atoms with Gasteiger partial charge in [0.2, 0.25) is 0 Å². The number of hydrogen-bond donors (Lipinski definition) is 1. The summed E-state index contributed by atoms with van der Waals surface area (Å²) in [5, 5.41) is 0. The Kier molecular flexibility index (Phi) is 3.67. The van der Waals surface area contributed by atoms with Crippen molar-refractivity contribution in [3.63, 3.8) is 0 Å². The summed E-state index contributed by atoms with van der Waals surface area (Å²) in [5.41, 5.74) is 8.58. The fourth-order valence-electron chi connectivity index (χ4n) is 2.05. The van der Waals surface area contributed by atoms with E-state index in [1.165, 1.54) is 24.8 Å². The average molecular weight is 217 g/mol. The van der Waals surface area contributed by atoms with Gasteiger partial charge in [0.15, 0.2) is 0 Å². The average Bonchev–Trinajstić information content (AvgIpc) is 2.57. The van der Waals surface area contributed by atoms with Gasteiger partial charge in [-0.2, -0.15) is 0 Å². The SMILES string of the molecule is Cc1cnc(C(N)C2=CCCCCC2)nc1. The Morgan fingerprint density at radius 3 is 2.69 bits per heavy atom. The van der Waals surface area contributed by atoms with Gasteiger partial charge in [0.1, 0.15) is 5.82 Å². The normalized spacial score (nSPS) is 18.8. The highest BCUT2D eigenvalue weighted by molar-refractivity contribution is 5.18. The molecule has 0 aromatic carbocycles. The van der Waals surface area contributed by atoms with Crippen LogP contribution in [-0.4, -0.2) is 9.97 Å². The second-order valence-corrected chi connectivity index (χ2v) is 4.47. The van der Waals surface area contributed by atoms with Crippen LogP contribution in [0.3, 0.4) is 0 Å². The number of hydrogen-bond acceptors (Lipinski definition) is 3. The zero-order valence-corrected chi connectivity index (χ0v) is 9.82. The van der Waals surface area contributed by atoms with Crippen molar-refractivity contribution >= 4 is 0 Å². The van der Waals surface area contributed by atoms with Crippen LogP contribution >= 0.6 is 0 Å². The molecular weight excluding hydrogens is 198 g/mol. The Hall–Kier alpha value is -1.22. The summed E-state index contributed by atoms with van der Waals surface area (Å²) < 4.78 is 0. The third kappa shape index (κ3) is 2.67. The van der Waals surface area contributed by atoms with Gasteiger partial charge in [0.25, 0.3) is 0 Å². The van der Waals surface area contributed by atoms with Crippen LogP contribution in [0.2, 0.25) is 0 Å². The highest BCUT2D eigenvalue weighted by Gasteiger charge is 2.15. The van der Waals surface area contributed by atoms with Crippen LogP contribution in [0.15, 0.2) is 24.0 Å². The minimum atomic E-state index is -0.112. The molecule has 0 bridgehead atoms. The third-order valence-corrected chi connectivity index (χ3v) is 3.05. The van der Waals surface area contributed by atoms with Crippen LogP contribution in [0, 0.1) is 6.92 Å². The standard InChI is InChI=1S/C13H19N3/c1-10-8-15-13(16-9-10)12(14)11-6-4-2-3-5-7-11/h6,8-9,12H,2-5,7,14H2,1H3. The maximum atomic E-state index is 6.20. The number of allylic oxidation sites excluding steroid dienone is 1. The van der Waals surface area contributed by atoms with Gasteiger partial charge in [-0.25, -0.2) is 9.97 Å². The number of rotatable bonds is 2. The summed E-state index contributed by atoms with van der Waals surface area (Å²) in [6, 6.07) is -0.112. The quantitative estimate of drug-likeness (QED) is 0.775. The first-order valence-electron chi connectivity index (χ1n) is 6.00. The molecule has 1 aromatic rings. The van der Waals surface area contributed by atoms with Crippen molar-refractivity contribution in [1.29, 1.82) is 0 Å². The third-order valence-electron chi connectivity index (χ3n) is 3.05.